The fraction of sp³-hybridized carbons (Fsp3) is 0.278. The topological polar surface area (TPSA) is 73.0 Å². The average molecular weight is 356 g/mol. The molecule has 0 aliphatic carbocycles. The summed E-state index contributed by atoms with van der Waals surface area (Å²) in [5.74, 6) is 1.48. The van der Waals surface area contributed by atoms with Gasteiger partial charge in [0.25, 0.3) is 0 Å². The van der Waals surface area contributed by atoms with Gasteiger partial charge in [-0.15, -0.1) is 10.2 Å². The van der Waals surface area contributed by atoms with Crippen molar-refractivity contribution in [3.63, 3.8) is 0 Å². The van der Waals surface area contributed by atoms with E-state index in [4.69, 9.17) is 4.42 Å². The minimum absolute atomic E-state index is 0.0617. The van der Waals surface area contributed by atoms with Crippen LogP contribution in [0.5, 0.6) is 0 Å². The monoisotopic (exact) mass is 356 g/mol. The Bertz CT molecular complexity index is 815. The van der Waals surface area contributed by atoms with Crippen LogP contribution in [-0.2, 0) is 17.9 Å². The van der Waals surface area contributed by atoms with E-state index >= 15 is 0 Å². The molecule has 0 fully saturated rings. The SMILES string of the molecule is CCn1c(S[C@@H](C)C(=O)NCc2ccco2)nnc1-c1ccccc1. The molecule has 1 atom stereocenters. The van der Waals surface area contributed by atoms with Crippen LogP contribution < -0.4 is 5.32 Å². The Morgan fingerprint density at radius 2 is 2.04 bits per heavy atom. The Kier molecular flexibility index (Phi) is 5.55. The predicted molar refractivity (Wildman–Crippen MR) is 97.0 cm³/mol. The van der Waals surface area contributed by atoms with Crippen molar-refractivity contribution >= 4 is 17.7 Å². The van der Waals surface area contributed by atoms with Crippen LogP contribution in [0.15, 0.2) is 58.3 Å². The van der Waals surface area contributed by atoms with E-state index in [2.05, 4.69) is 15.5 Å². The van der Waals surface area contributed by atoms with Crippen molar-refractivity contribution in [2.45, 2.75) is 37.3 Å². The third-order valence-electron chi connectivity index (χ3n) is 3.73. The van der Waals surface area contributed by atoms with E-state index in [1.165, 1.54) is 11.8 Å². The number of amides is 1. The summed E-state index contributed by atoms with van der Waals surface area (Å²) in [6.07, 6.45) is 1.59. The molecule has 130 valence electrons. The number of benzene rings is 1. The maximum absolute atomic E-state index is 12.3. The number of aromatic nitrogens is 3. The third-order valence-corrected chi connectivity index (χ3v) is 4.81. The van der Waals surface area contributed by atoms with Crippen LogP contribution in [0, 0.1) is 0 Å². The Balaban J connectivity index is 1.67. The first-order valence-electron chi connectivity index (χ1n) is 8.14. The van der Waals surface area contributed by atoms with Gasteiger partial charge >= 0.3 is 0 Å². The number of furan rings is 1. The average Bonchev–Trinajstić information content (AvgIpc) is 3.29. The van der Waals surface area contributed by atoms with E-state index in [1.54, 1.807) is 12.3 Å². The maximum Gasteiger partial charge on any atom is 0.233 e. The van der Waals surface area contributed by atoms with Crippen LogP contribution in [-0.4, -0.2) is 25.9 Å². The van der Waals surface area contributed by atoms with Crippen molar-refractivity contribution in [2.75, 3.05) is 0 Å². The molecule has 3 aromatic rings. The van der Waals surface area contributed by atoms with Gasteiger partial charge in [0.2, 0.25) is 5.91 Å². The Hall–Kier alpha value is -2.54. The summed E-state index contributed by atoms with van der Waals surface area (Å²) in [5, 5.41) is 11.9. The van der Waals surface area contributed by atoms with Crippen molar-refractivity contribution in [1.82, 2.24) is 20.1 Å². The molecule has 0 bridgehead atoms. The molecule has 0 saturated heterocycles. The minimum atomic E-state index is -0.284. The number of nitrogens with zero attached hydrogens (tertiary/aromatic N) is 3. The zero-order chi connectivity index (χ0) is 17.6. The number of thioether (sulfide) groups is 1. The summed E-state index contributed by atoms with van der Waals surface area (Å²) in [7, 11) is 0. The molecule has 2 heterocycles. The number of carbonyl (C=O) groups excluding carboxylic acids is 1. The highest BCUT2D eigenvalue weighted by Crippen LogP contribution is 2.26. The molecule has 7 heteroatoms. The van der Waals surface area contributed by atoms with Crippen LogP contribution in [0.1, 0.15) is 19.6 Å². The lowest BCUT2D eigenvalue weighted by atomic mass is 10.2. The molecular weight excluding hydrogens is 336 g/mol. The fourth-order valence-corrected chi connectivity index (χ4v) is 3.34. The highest BCUT2D eigenvalue weighted by atomic mass is 32.2. The van der Waals surface area contributed by atoms with Gasteiger partial charge in [-0.2, -0.15) is 0 Å². The quantitative estimate of drug-likeness (QED) is 0.657. The second-order valence-corrected chi connectivity index (χ2v) is 6.78. The van der Waals surface area contributed by atoms with Crippen molar-refractivity contribution in [3.8, 4) is 11.4 Å². The largest absolute Gasteiger partial charge is 0.467 e. The predicted octanol–water partition coefficient (Wildman–Crippen LogP) is 3.36. The third kappa shape index (κ3) is 4.11. The van der Waals surface area contributed by atoms with Gasteiger partial charge in [0.05, 0.1) is 18.1 Å². The van der Waals surface area contributed by atoms with Gasteiger partial charge in [-0.05, 0) is 26.0 Å². The molecule has 0 radical (unpaired) electrons. The van der Waals surface area contributed by atoms with E-state index in [0.29, 0.717) is 6.54 Å². The maximum atomic E-state index is 12.3. The molecule has 1 amide bonds. The number of hydrogen-bond acceptors (Lipinski definition) is 5. The van der Waals surface area contributed by atoms with Gasteiger partial charge in [-0.25, -0.2) is 0 Å². The van der Waals surface area contributed by atoms with Crippen molar-refractivity contribution < 1.29 is 9.21 Å². The van der Waals surface area contributed by atoms with Gasteiger partial charge in [-0.3, -0.25) is 4.79 Å². The van der Waals surface area contributed by atoms with E-state index in [0.717, 1.165) is 28.8 Å². The zero-order valence-electron chi connectivity index (χ0n) is 14.2. The second kappa shape index (κ2) is 8.02. The number of rotatable bonds is 7. The van der Waals surface area contributed by atoms with Crippen molar-refractivity contribution in [2.24, 2.45) is 0 Å². The summed E-state index contributed by atoms with van der Waals surface area (Å²) < 4.78 is 7.25. The van der Waals surface area contributed by atoms with Crippen molar-refractivity contribution in [1.29, 1.82) is 0 Å². The standard InChI is InChI=1S/C18H20N4O2S/c1-3-22-16(14-8-5-4-6-9-14)20-21-18(22)25-13(2)17(23)19-12-15-10-7-11-24-15/h4-11,13H,3,12H2,1-2H3,(H,19,23)/t13-/m0/s1. The first-order chi connectivity index (χ1) is 12.2. The Labute approximate surface area is 150 Å². The van der Waals surface area contributed by atoms with E-state index in [9.17, 15) is 4.79 Å². The summed E-state index contributed by atoms with van der Waals surface area (Å²) in [4.78, 5) is 12.3. The summed E-state index contributed by atoms with van der Waals surface area (Å²) in [6, 6.07) is 13.6. The molecule has 3 rings (SSSR count). The molecule has 0 spiro atoms. The lowest BCUT2D eigenvalue weighted by molar-refractivity contribution is -0.120. The van der Waals surface area contributed by atoms with Gasteiger partial charge in [0.15, 0.2) is 11.0 Å². The molecule has 0 aliphatic rings. The normalized spacial score (nSPS) is 12.1. The molecule has 6 nitrogen and oxygen atoms in total. The number of carbonyl (C=O) groups is 1. The van der Waals surface area contributed by atoms with Crippen molar-refractivity contribution in [3.05, 3.63) is 54.5 Å². The first-order valence-corrected chi connectivity index (χ1v) is 9.02. The first kappa shape index (κ1) is 17.3. The fourth-order valence-electron chi connectivity index (χ4n) is 2.40. The van der Waals surface area contributed by atoms with Crippen LogP contribution in [0.4, 0.5) is 0 Å². The van der Waals surface area contributed by atoms with Crippen LogP contribution in [0.2, 0.25) is 0 Å². The van der Waals surface area contributed by atoms with Gasteiger partial charge in [0, 0.05) is 12.1 Å². The second-order valence-electron chi connectivity index (χ2n) is 5.47. The van der Waals surface area contributed by atoms with Crippen LogP contribution in [0.25, 0.3) is 11.4 Å². The summed E-state index contributed by atoms with van der Waals surface area (Å²) in [5.41, 5.74) is 1.01. The molecule has 1 N–H and O–H groups in total. The van der Waals surface area contributed by atoms with E-state index < -0.39 is 0 Å². The van der Waals surface area contributed by atoms with Gasteiger partial charge in [-0.1, -0.05) is 42.1 Å². The van der Waals surface area contributed by atoms with E-state index in [1.807, 2.05) is 54.8 Å². The van der Waals surface area contributed by atoms with Crippen LogP contribution >= 0.6 is 11.8 Å². The van der Waals surface area contributed by atoms with Crippen LogP contribution in [0.3, 0.4) is 0 Å². The smallest absolute Gasteiger partial charge is 0.233 e. The molecule has 25 heavy (non-hydrogen) atoms. The van der Waals surface area contributed by atoms with E-state index in [-0.39, 0.29) is 11.2 Å². The highest BCUT2D eigenvalue weighted by Gasteiger charge is 2.20. The minimum Gasteiger partial charge on any atom is -0.467 e. The lowest BCUT2D eigenvalue weighted by Crippen LogP contribution is -2.30. The highest BCUT2D eigenvalue weighted by molar-refractivity contribution is 8.00. The number of nitrogens with one attached hydrogen (secondary N) is 1. The summed E-state index contributed by atoms with van der Waals surface area (Å²) >= 11 is 1.40. The molecule has 0 aliphatic heterocycles. The zero-order valence-corrected chi connectivity index (χ0v) is 15.0. The number of hydrogen-bond donors (Lipinski definition) is 1. The Morgan fingerprint density at radius 3 is 2.72 bits per heavy atom. The Morgan fingerprint density at radius 1 is 1.24 bits per heavy atom. The van der Waals surface area contributed by atoms with Gasteiger partial charge in [0.1, 0.15) is 5.76 Å². The molecule has 1 aromatic carbocycles. The summed E-state index contributed by atoms with van der Waals surface area (Å²) in [6.45, 7) is 5.02. The molecule has 0 unspecified atom stereocenters. The molecule has 0 saturated carbocycles. The molecule has 2 aromatic heterocycles. The van der Waals surface area contributed by atoms with Gasteiger partial charge < -0.3 is 14.3 Å². The lowest BCUT2D eigenvalue weighted by Gasteiger charge is -2.12. The molecular formula is C18H20N4O2S.